The Bertz CT molecular complexity index is 487. The van der Waals surface area contributed by atoms with Gasteiger partial charge in [-0.25, -0.2) is 0 Å². The molecule has 0 N–H and O–H groups in total. The Morgan fingerprint density at radius 3 is 2.95 bits per heavy atom. The zero-order chi connectivity index (χ0) is 15.2. The summed E-state index contributed by atoms with van der Waals surface area (Å²) in [6, 6.07) is 6.12. The summed E-state index contributed by atoms with van der Waals surface area (Å²) in [5, 5.41) is 0. The molecule has 1 heterocycles. The van der Waals surface area contributed by atoms with Crippen LogP contribution in [0.25, 0.3) is 0 Å². The summed E-state index contributed by atoms with van der Waals surface area (Å²) in [5.41, 5.74) is 2.34. The Labute approximate surface area is 127 Å². The van der Waals surface area contributed by atoms with Gasteiger partial charge in [0.15, 0.2) is 0 Å². The maximum absolute atomic E-state index is 11.9. The molecule has 1 aliphatic heterocycles. The SMILES string of the molecule is CCOC(=O)C1CCCN1CCOc1cc(C)ccc1C. The molecule has 1 aliphatic rings. The van der Waals surface area contributed by atoms with Crippen molar-refractivity contribution < 1.29 is 14.3 Å². The van der Waals surface area contributed by atoms with E-state index < -0.39 is 0 Å². The first-order valence-electron chi connectivity index (χ1n) is 7.72. The first kappa shape index (κ1) is 15.8. The minimum absolute atomic E-state index is 0.0906. The van der Waals surface area contributed by atoms with Gasteiger partial charge in [0.1, 0.15) is 18.4 Å². The Hall–Kier alpha value is -1.55. The fraction of sp³-hybridized carbons (Fsp3) is 0.588. The Morgan fingerprint density at radius 1 is 1.38 bits per heavy atom. The average molecular weight is 291 g/mol. The largest absolute Gasteiger partial charge is 0.492 e. The molecule has 1 aromatic rings. The Balaban J connectivity index is 1.85. The van der Waals surface area contributed by atoms with Gasteiger partial charge in [-0.05, 0) is 57.4 Å². The lowest BCUT2D eigenvalue weighted by Gasteiger charge is -2.23. The molecule has 2 rings (SSSR count). The van der Waals surface area contributed by atoms with Crippen molar-refractivity contribution >= 4 is 5.97 Å². The number of benzene rings is 1. The second-order valence-electron chi connectivity index (χ2n) is 5.56. The first-order chi connectivity index (χ1) is 10.1. The van der Waals surface area contributed by atoms with Crippen LogP contribution in [0.15, 0.2) is 18.2 Å². The zero-order valence-corrected chi connectivity index (χ0v) is 13.2. The molecule has 4 heteroatoms. The zero-order valence-electron chi connectivity index (χ0n) is 13.2. The highest BCUT2D eigenvalue weighted by molar-refractivity contribution is 5.76. The second kappa shape index (κ2) is 7.46. The lowest BCUT2D eigenvalue weighted by Crippen LogP contribution is -2.39. The predicted octanol–water partition coefficient (Wildman–Crippen LogP) is 2.71. The molecular formula is C17H25NO3. The van der Waals surface area contributed by atoms with Crippen molar-refractivity contribution in [2.45, 2.75) is 39.7 Å². The van der Waals surface area contributed by atoms with Crippen molar-refractivity contribution in [1.29, 1.82) is 0 Å². The molecule has 0 aromatic heterocycles. The molecule has 1 fully saturated rings. The molecule has 1 unspecified atom stereocenters. The molecule has 1 atom stereocenters. The Morgan fingerprint density at radius 2 is 2.19 bits per heavy atom. The molecule has 21 heavy (non-hydrogen) atoms. The van der Waals surface area contributed by atoms with E-state index in [-0.39, 0.29) is 12.0 Å². The van der Waals surface area contributed by atoms with Crippen LogP contribution >= 0.6 is 0 Å². The number of hydrogen-bond donors (Lipinski definition) is 0. The fourth-order valence-corrected chi connectivity index (χ4v) is 2.73. The van der Waals surface area contributed by atoms with E-state index in [2.05, 4.69) is 30.0 Å². The number of nitrogens with zero attached hydrogens (tertiary/aromatic N) is 1. The third-order valence-corrected chi connectivity index (χ3v) is 3.90. The summed E-state index contributed by atoms with van der Waals surface area (Å²) in [7, 11) is 0. The van der Waals surface area contributed by atoms with Crippen LogP contribution in [0.3, 0.4) is 0 Å². The van der Waals surface area contributed by atoms with E-state index in [4.69, 9.17) is 9.47 Å². The van der Waals surface area contributed by atoms with Crippen LogP contribution in [-0.2, 0) is 9.53 Å². The van der Waals surface area contributed by atoms with Crippen LogP contribution in [0.5, 0.6) is 5.75 Å². The lowest BCUT2D eigenvalue weighted by molar-refractivity contribution is -0.148. The molecule has 4 nitrogen and oxygen atoms in total. The maximum atomic E-state index is 11.9. The number of esters is 1. The highest BCUT2D eigenvalue weighted by Crippen LogP contribution is 2.21. The first-order valence-corrected chi connectivity index (χ1v) is 7.72. The number of rotatable bonds is 6. The van der Waals surface area contributed by atoms with Crippen molar-refractivity contribution in [2.24, 2.45) is 0 Å². The van der Waals surface area contributed by atoms with Crippen molar-refractivity contribution in [3.8, 4) is 5.75 Å². The van der Waals surface area contributed by atoms with Gasteiger partial charge in [-0.2, -0.15) is 0 Å². The van der Waals surface area contributed by atoms with Gasteiger partial charge >= 0.3 is 5.97 Å². The van der Waals surface area contributed by atoms with Crippen LogP contribution in [0.1, 0.15) is 30.9 Å². The summed E-state index contributed by atoms with van der Waals surface area (Å²) in [4.78, 5) is 14.1. The second-order valence-corrected chi connectivity index (χ2v) is 5.56. The van der Waals surface area contributed by atoms with Gasteiger partial charge in [-0.3, -0.25) is 9.69 Å². The molecular weight excluding hydrogens is 266 g/mol. The number of carbonyl (C=O) groups is 1. The number of hydrogen-bond acceptors (Lipinski definition) is 4. The molecule has 1 aromatic carbocycles. The van der Waals surface area contributed by atoms with Crippen LogP contribution < -0.4 is 4.74 Å². The molecule has 0 bridgehead atoms. The van der Waals surface area contributed by atoms with E-state index in [1.807, 2.05) is 13.8 Å². The van der Waals surface area contributed by atoms with Crippen molar-refractivity contribution in [2.75, 3.05) is 26.3 Å². The van der Waals surface area contributed by atoms with Gasteiger partial charge in [0.2, 0.25) is 0 Å². The van der Waals surface area contributed by atoms with Gasteiger partial charge in [-0.1, -0.05) is 12.1 Å². The lowest BCUT2D eigenvalue weighted by atomic mass is 10.1. The number of ether oxygens (including phenoxy) is 2. The van der Waals surface area contributed by atoms with Gasteiger partial charge in [0.25, 0.3) is 0 Å². The highest BCUT2D eigenvalue weighted by Gasteiger charge is 2.31. The standard InChI is InChI=1S/C17H25NO3/c1-4-20-17(19)15-6-5-9-18(15)10-11-21-16-12-13(2)7-8-14(16)3/h7-8,12,15H,4-6,9-11H2,1-3H3. The fourth-order valence-electron chi connectivity index (χ4n) is 2.73. The molecule has 0 amide bonds. The van der Waals surface area contributed by atoms with Crippen LogP contribution in [0.4, 0.5) is 0 Å². The van der Waals surface area contributed by atoms with Crippen molar-refractivity contribution in [3.05, 3.63) is 29.3 Å². The van der Waals surface area contributed by atoms with Crippen LogP contribution in [0, 0.1) is 13.8 Å². The third kappa shape index (κ3) is 4.21. The van der Waals surface area contributed by atoms with Gasteiger partial charge in [0, 0.05) is 6.54 Å². The summed E-state index contributed by atoms with van der Waals surface area (Å²) in [5.74, 6) is 0.837. The topological polar surface area (TPSA) is 38.8 Å². The average Bonchev–Trinajstić information content (AvgIpc) is 2.91. The van der Waals surface area contributed by atoms with E-state index in [1.54, 1.807) is 0 Å². The third-order valence-electron chi connectivity index (χ3n) is 3.90. The Kier molecular flexibility index (Phi) is 5.62. The smallest absolute Gasteiger partial charge is 0.323 e. The van der Waals surface area contributed by atoms with E-state index in [1.165, 1.54) is 5.56 Å². The minimum atomic E-state index is -0.0956. The summed E-state index contributed by atoms with van der Waals surface area (Å²) >= 11 is 0. The monoisotopic (exact) mass is 291 g/mol. The van der Waals surface area contributed by atoms with Gasteiger partial charge in [0.05, 0.1) is 6.61 Å². The maximum Gasteiger partial charge on any atom is 0.323 e. The minimum Gasteiger partial charge on any atom is -0.492 e. The van der Waals surface area contributed by atoms with Crippen molar-refractivity contribution in [1.82, 2.24) is 4.90 Å². The molecule has 0 spiro atoms. The molecule has 0 saturated carbocycles. The number of likely N-dealkylation sites (tertiary alicyclic amines) is 1. The highest BCUT2D eigenvalue weighted by atomic mass is 16.5. The van der Waals surface area contributed by atoms with Gasteiger partial charge in [-0.15, -0.1) is 0 Å². The normalized spacial score (nSPS) is 18.7. The van der Waals surface area contributed by atoms with Crippen molar-refractivity contribution in [3.63, 3.8) is 0 Å². The van der Waals surface area contributed by atoms with E-state index >= 15 is 0 Å². The molecule has 1 saturated heterocycles. The predicted molar refractivity (Wildman–Crippen MR) is 82.6 cm³/mol. The van der Waals surface area contributed by atoms with Crippen LogP contribution in [-0.4, -0.2) is 43.2 Å². The number of aryl methyl sites for hydroxylation is 2. The molecule has 0 aliphatic carbocycles. The van der Waals surface area contributed by atoms with E-state index in [9.17, 15) is 4.79 Å². The molecule has 0 radical (unpaired) electrons. The van der Waals surface area contributed by atoms with E-state index in [0.29, 0.717) is 13.2 Å². The summed E-state index contributed by atoms with van der Waals surface area (Å²) in [6.07, 6.45) is 1.94. The molecule has 116 valence electrons. The van der Waals surface area contributed by atoms with E-state index in [0.717, 1.165) is 37.2 Å². The summed E-state index contributed by atoms with van der Waals surface area (Å²) < 4.78 is 11.0. The van der Waals surface area contributed by atoms with Crippen LogP contribution in [0.2, 0.25) is 0 Å². The number of carbonyl (C=O) groups excluding carboxylic acids is 1. The quantitative estimate of drug-likeness (QED) is 0.755. The van der Waals surface area contributed by atoms with Gasteiger partial charge < -0.3 is 9.47 Å². The summed E-state index contributed by atoms with van der Waals surface area (Å²) in [6.45, 7) is 8.70.